The third-order valence-corrected chi connectivity index (χ3v) is 5.18. The zero-order chi connectivity index (χ0) is 15.3. The molecule has 6 heteroatoms. The van der Waals surface area contributed by atoms with E-state index in [1.165, 1.54) is 0 Å². The van der Waals surface area contributed by atoms with Crippen LogP contribution in [0.5, 0.6) is 11.5 Å². The molecule has 1 N–H and O–H groups in total. The fourth-order valence-electron chi connectivity index (χ4n) is 2.15. The van der Waals surface area contributed by atoms with Crippen molar-refractivity contribution in [3.8, 4) is 11.5 Å². The van der Waals surface area contributed by atoms with E-state index in [4.69, 9.17) is 13.8 Å². The molecule has 0 amide bonds. The number of nitrogens with one attached hydrogen (secondary N) is 1. The minimum atomic E-state index is -3.52. The van der Waals surface area contributed by atoms with E-state index in [1.807, 2.05) is 36.4 Å². The third kappa shape index (κ3) is 3.69. The van der Waals surface area contributed by atoms with Crippen LogP contribution in [0.1, 0.15) is 0 Å². The summed E-state index contributed by atoms with van der Waals surface area (Å²) in [5.74, 6) is 0.355. The van der Waals surface area contributed by atoms with Gasteiger partial charge in [-0.2, -0.15) is 0 Å². The van der Waals surface area contributed by atoms with Crippen LogP contribution in [0.2, 0.25) is 0 Å². The second-order valence-corrected chi connectivity index (χ2v) is 6.90. The van der Waals surface area contributed by atoms with Crippen molar-refractivity contribution >= 4 is 7.60 Å². The number of morpholine rings is 1. The molecular formula is C16H18NO4P. The van der Waals surface area contributed by atoms with Gasteiger partial charge in [0.05, 0.1) is 6.61 Å². The normalized spacial score (nSPS) is 18.6. The lowest BCUT2D eigenvalue weighted by molar-refractivity contribution is 0.0637. The van der Waals surface area contributed by atoms with Crippen LogP contribution in [0.15, 0.2) is 60.7 Å². The highest BCUT2D eigenvalue weighted by molar-refractivity contribution is 7.55. The van der Waals surface area contributed by atoms with Crippen LogP contribution in [0, 0.1) is 0 Å². The van der Waals surface area contributed by atoms with E-state index >= 15 is 0 Å². The van der Waals surface area contributed by atoms with Gasteiger partial charge in [-0.1, -0.05) is 36.4 Å². The van der Waals surface area contributed by atoms with Gasteiger partial charge in [-0.05, 0) is 24.3 Å². The molecule has 22 heavy (non-hydrogen) atoms. The molecule has 1 aliphatic rings. The summed E-state index contributed by atoms with van der Waals surface area (Å²) in [5, 5.41) is 3.15. The van der Waals surface area contributed by atoms with Gasteiger partial charge >= 0.3 is 7.60 Å². The standard InChI is InChI=1S/C16H18NO4P/c18-22(16-13-17-11-12-19-16,20-14-7-3-1-4-8-14)21-15-9-5-2-6-10-15/h1-10,16-17H,11-13H2. The van der Waals surface area contributed by atoms with Crippen molar-refractivity contribution in [2.24, 2.45) is 0 Å². The molecule has 1 unspecified atom stereocenters. The van der Waals surface area contributed by atoms with E-state index in [1.54, 1.807) is 24.3 Å². The quantitative estimate of drug-likeness (QED) is 0.857. The summed E-state index contributed by atoms with van der Waals surface area (Å²) in [6.45, 7) is 1.63. The molecule has 5 nitrogen and oxygen atoms in total. The Morgan fingerprint density at radius 2 is 1.50 bits per heavy atom. The van der Waals surface area contributed by atoms with E-state index in [9.17, 15) is 4.57 Å². The Bertz CT molecular complexity index is 584. The molecule has 3 rings (SSSR count). The van der Waals surface area contributed by atoms with Gasteiger partial charge in [-0.15, -0.1) is 0 Å². The van der Waals surface area contributed by atoms with Gasteiger partial charge in [-0.25, -0.2) is 4.57 Å². The Morgan fingerprint density at radius 1 is 0.955 bits per heavy atom. The van der Waals surface area contributed by atoms with E-state index < -0.39 is 13.4 Å². The van der Waals surface area contributed by atoms with E-state index in [0.717, 1.165) is 6.54 Å². The largest absolute Gasteiger partial charge is 0.460 e. The first kappa shape index (κ1) is 15.1. The molecule has 0 saturated carbocycles. The topological polar surface area (TPSA) is 56.8 Å². The predicted molar refractivity (Wildman–Crippen MR) is 84.4 cm³/mol. The lowest BCUT2D eigenvalue weighted by Gasteiger charge is -2.30. The molecule has 1 saturated heterocycles. The average molecular weight is 319 g/mol. The summed E-state index contributed by atoms with van der Waals surface area (Å²) in [6, 6.07) is 18.0. The minimum Gasteiger partial charge on any atom is -0.414 e. The fraction of sp³-hybridized carbons (Fsp3) is 0.250. The Balaban J connectivity index is 1.85. The first-order chi connectivity index (χ1) is 10.8. The van der Waals surface area contributed by atoms with Gasteiger partial charge < -0.3 is 19.1 Å². The highest BCUT2D eigenvalue weighted by atomic mass is 31.2. The van der Waals surface area contributed by atoms with Crippen molar-refractivity contribution in [2.45, 2.75) is 5.85 Å². The highest BCUT2D eigenvalue weighted by Gasteiger charge is 2.41. The summed E-state index contributed by atoms with van der Waals surface area (Å²) < 4.78 is 30.3. The molecule has 116 valence electrons. The Kier molecular flexibility index (Phi) is 4.78. The van der Waals surface area contributed by atoms with Gasteiger partial charge in [-0.3, -0.25) is 0 Å². The Labute approximate surface area is 129 Å². The molecule has 0 radical (unpaired) electrons. The minimum absolute atomic E-state index is 0.428. The third-order valence-electron chi connectivity index (χ3n) is 3.21. The van der Waals surface area contributed by atoms with Crippen molar-refractivity contribution < 1.29 is 18.3 Å². The number of hydrogen-bond acceptors (Lipinski definition) is 5. The molecule has 0 aromatic heterocycles. The maximum Gasteiger partial charge on any atom is 0.460 e. The summed E-state index contributed by atoms with van der Waals surface area (Å²) in [6.07, 6.45) is 0. The smallest absolute Gasteiger partial charge is 0.414 e. The lowest BCUT2D eigenvalue weighted by Crippen LogP contribution is -2.40. The van der Waals surface area contributed by atoms with Crippen LogP contribution in [0.25, 0.3) is 0 Å². The zero-order valence-corrected chi connectivity index (χ0v) is 12.9. The summed E-state index contributed by atoms with van der Waals surface area (Å²) in [7, 11) is -3.52. The second kappa shape index (κ2) is 6.97. The van der Waals surface area contributed by atoms with Crippen LogP contribution >= 0.6 is 7.60 Å². The van der Waals surface area contributed by atoms with Crippen LogP contribution in [0.3, 0.4) is 0 Å². The number of hydrogen-bond donors (Lipinski definition) is 1. The molecule has 2 aromatic carbocycles. The molecule has 0 aliphatic carbocycles. The van der Waals surface area contributed by atoms with Crippen molar-refractivity contribution in [1.82, 2.24) is 5.32 Å². The molecular weight excluding hydrogens is 301 g/mol. The van der Waals surface area contributed by atoms with Crippen LogP contribution in [0.4, 0.5) is 0 Å². The molecule has 2 aromatic rings. The SMILES string of the molecule is O=P(Oc1ccccc1)(Oc1ccccc1)C1CNCCO1. The molecule has 1 aliphatic heterocycles. The summed E-state index contributed by atoms with van der Waals surface area (Å²) >= 11 is 0. The van der Waals surface area contributed by atoms with Gasteiger partial charge in [0, 0.05) is 13.1 Å². The van der Waals surface area contributed by atoms with Crippen LogP contribution in [-0.4, -0.2) is 25.5 Å². The number of para-hydroxylation sites is 2. The van der Waals surface area contributed by atoms with Crippen molar-refractivity contribution in [3.05, 3.63) is 60.7 Å². The van der Waals surface area contributed by atoms with Gasteiger partial charge in [0.15, 0.2) is 5.85 Å². The zero-order valence-electron chi connectivity index (χ0n) is 12.1. The maximum absolute atomic E-state index is 13.3. The van der Waals surface area contributed by atoms with Crippen molar-refractivity contribution in [3.63, 3.8) is 0 Å². The second-order valence-electron chi connectivity index (χ2n) is 4.88. The van der Waals surface area contributed by atoms with Gasteiger partial charge in [0.25, 0.3) is 0 Å². The number of rotatable bonds is 5. The van der Waals surface area contributed by atoms with Crippen LogP contribution < -0.4 is 14.4 Å². The molecule has 1 heterocycles. The molecule has 1 atom stereocenters. The van der Waals surface area contributed by atoms with E-state index in [2.05, 4.69) is 5.32 Å². The fourth-order valence-corrected chi connectivity index (χ4v) is 3.89. The van der Waals surface area contributed by atoms with Crippen LogP contribution in [-0.2, 0) is 9.30 Å². The maximum atomic E-state index is 13.3. The van der Waals surface area contributed by atoms with Crippen molar-refractivity contribution in [1.29, 1.82) is 0 Å². The lowest BCUT2D eigenvalue weighted by atomic mass is 10.3. The van der Waals surface area contributed by atoms with E-state index in [0.29, 0.717) is 24.7 Å². The van der Waals surface area contributed by atoms with Gasteiger partial charge in [0.2, 0.25) is 0 Å². The molecule has 1 fully saturated rings. The highest BCUT2D eigenvalue weighted by Crippen LogP contribution is 2.53. The summed E-state index contributed by atoms with van der Waals surface area (Å²) in [5.41, 5.74) is 0. The number of benzene rings is 2. The number of ether oxygens (including phenoxy) is 1. The first-order valence-electron chi connectivity index (χ1n) is 7.18. The Morgan fingerprint density at radius 3 is 1.95 bits per heavy atom. The summed E-state index contributed by atoms with van der Waals surface area (Å²) in [4.78, 5) is 0. The Hall–Kier alpha value is -1.81. The first-order valence-corrected chi connectivity index (χ1v) is 8.79. The molecule has 0 spiro atoms. The van der Waals surface area contributed by atoms with E-state index in [-0.39, 0.29) is 0 Å². The van der Waals surface area contributed by atoms with Crippen molar-refractivity contribution in [2.75, 3.05) is 19.7 Å². The average Bonchev–Trinajstić information content (AvgIpc) is 2.57. The van der Waals surface area contributed by atoms with Gasteiger partial charge in [0.1, 0.15) is 11.5 Å². The predicted octanol–water partition coefficient (Wildman–Crippen LogP) is 3.28. The monoisotopic (exact) mass is 319 g/mol. The molecule has 0 bridgehead atoms.